The van der Waals surface area contributed by atoms with Crippen molar-refractivity contribution in [2.45, 2.75) is 31.3 Å². The van der Waals surface area contributed by atoms with E-state index in [2.05, 4.69) is 11.0 Å². The topological polar surface area (TPSA) is 47.3 Å². The van der Waals surface area contributed by atoms with Gasteiger partial charge in [-0.2, -0.15) is 5.26 Å². The van der Waals surface area contributed by atoms with E-state index >= 15 is 0 Å². The Hall–Kier alpha value is -1.37. The lowest BCUT2D eigenvalue weighted by molar-refractivity contribution is -0.0618. The first-order valence-electron chi connectivity index (χ1n) is 6.94. The van der Waals surface area contributed by atoms with Crippen molar-refractivity contribution in [1.29, 1.82) is 5.26 Å². The van der Waals surface area contributed by atoms with Gasteiger partial charge in [-0.25, -0.2) is 0 Å². The Kier molecular flexibility index (Phi) is 4.24. The second kappa shape index (κ2) is 5.73. The number of nitriles is 1. The highest BCUT2D eigenvalue weighted by molar-refractivity contribution is 5.36. The number of rotatable bonds is 3. The van der Waals surface area contributed by atoms with Gasteiger partial charge in [0.05, 0.1) is 17.2 Å². The first-order valence-corrected chi connectivity index (χ1v) is 6.94. The number of hydrogen-bond donors (Lipinski definition) is 1. The van der Waals surface area contributed by atoms with Crippen LogP contribution in [0.25, 0.3) is 0 Å². The lowest BCUT2D eigenvalue weighted by Crippen LogP contribution is -2.43. The molecule has 1 aromatic carbocycles. The Balaban J connectivity index is 2.33. The van der Waals surface area contributed by atoms with Crippen LogP contribution < -0.4 is 0 Å². The van der Waals surface area contributed by atoms with Crippen molar-refractivity contribution in [3.05, 3.63) is 35.4 Å². The molecule has 1 saturated carbocycles. The summed E-state index contributed by atoms with van der Waals surface area (Å²) in [5, 5.41) is 20.2. The van der Waals surface area contributed by atoms with E-state index in [1.807, 2.05) is 32.3 Å². The van der Waals surface area contributed by atoms with Gasteiger partial charge in [0, 0.05) is 12.5 Å². The third kappa shape index (κ3) is 2.97. The average molecular weight is 258 g/mol. The molecule has 19 heavy (non-hydrogen) atoms. The summed E-state index contributed by atoms with van der Waals surface area (Å²) in [5.41, 5.74) is 0.744. The summed E-state index contributed by atoms with van der Waals surface area (Å²) in [5.74, 6) is 0.241. The summed E-state index contributed by atoms with van der Waals surface area (Å²) in [6.07, 6.45) is 4.07. The summed E-state index contributed by atoms with van der Waals surface area (Å²) < 4.78 is 0. The van der Waals surface area contributed by atoms with Gasteiger partial charge in [-0.15, -0.1) is 0 Å². The van der Waals surface area contributed by atoms with E-state index in [9.17, 15) is 5.11 Å². The fraction of sp³-hybridized carbons (Fsp3) is 0.562. The van der Waals surface area contributed by atoms with Crippen LogP contribution in [0.3, 0.4) is 0 Å². The minimum absolute atomic E-state index is 0.241. The van der Waals surface area contributed by atoms with Gasteiger partial charge in [-0.05, 0) is 44.6 Å². The van der Waals surface area contributed by atoms with Crippen molar-refractivity contribution in [3.8, 4) is 6.07 Å². The monoisotopic (exact) mass is 258 g/mol. The fourth-order valence-corrected chi connectivity index (χ4v) is 3.15. The van der Waals surface area contributed by atoms with Crippen LogP contribution in [0.2, 0.25) is 0 Å². The van der Waals surface area contributed by atoms with Crippen LogP contribution in [0.15, 0.2) is 24.3 Å². The highest BCUT2D eigenvalue weighted by Gasteiger charge is 2.40. The van der Waals surface area contributed by atoms with Crippen molar-refractivity contribution in [3.63, 3.8) is 0 Å². The molecule has 0 amide bonds. The van der Waals surface area contributed by atoms with Crippen molar-refractivity contribution in [2.24, 2.45) is 5.92 Å². The van der Waals surface area contributed by atoms with Gasteiger partial charge >= 0.3 is 0 Å². The van der Waals surface area contributed by atoms with E-state index in [1.165, 1.54) is 6.42 Å². The fourth-order valence-electron chi connectivity index (χ4n) is 3.15. The van der Waals surface area contributed by atoms with Gasteiger partial charge in [0.25, 0.3) is 0 Å². The molecule has 0 spiro atoms. The van der Waals surface area contributed by atoms with Crippen molar-refractivity contribution < 1.29 is 5.11 Å². The molecule has 2 atom stereocenters. The molecule has 3 nitrogen and oxygen atoms in total. The Labute approximate surface area is 115 Å². The SMILES string of the molecule is CN(C)CC1CCCCC1(O)c1cccc(C#N)c1. The van der Waals surface area contributed by atoms with Crippen LogP contribution in [-0.4, -0.2) is 30.6 Å². The lowest BCUT2D eigenvalue weighted by atomic mass is 9.71. The number of aliphatic hydroxyl groups is 1. The average Bonchev–Trinajstić information content (AvgIpc) is 2.41. The van der Waals surface area contributed by atoms with Gasteiger partial charge < -0.3 is 10.0 Å². The summed E-state index contributed by atoms with van der Waals surface area (Å²) in [4.78, 5) is 2.13. The first kappa shape index (κ1) is 14.0. The highest BCUT2D eigenvalue weighted by Crippen LogP contribution is 2.42. The summed E-state index contributed by atoms with van der Waals surface area (Å²) in [6.45, 7) is 0.882. The molecule has 1 aliphatic rings. The highest BCUT2D eigenvalue weighted by atomic mass is 16.3. The third-order valence-electron chi connectivity index (χ3n) is 4.11. The van der Waals surface area contributed by atoms with Gasteiger partial charge in [0.2, 0.25) is 0 Å². The van der Waals surface area contributed by atoms with E-state index in [1.54, 1.807) is 6.07 Å². The largest absolute Gasteiger partial charge is 0.385 e. The minimum atomic E-state index is -0.782. The molecule has 1 fully saturated rings. The maximum Gasteiger partial charge on any atom is 0.0991 e. The maximum atomic E-state index is 11.1. The van der Waals surface area contributed by atoms with E-state index in [0.717, 1.165) is 31.4 Å². The minimum Gasteiger partial charge on any atom is -0.385 e. The molecule has 0 saturated heterocycles. The molecule has 102 valence electrons. The van der Waals surface area contributed by atoms with Crippen LogP contribution in [0.1, 0.15) is 36.8 Å². The Bertz CT molecular complexity index is 478. The van der Waals surface area contributed by atoms with E-state index in [4.69, 9.17) is 5.26 Å². The summed E-state index contributed by atoms with van der Waals surface area (Å²) in [7, 11) is 4.08. The first-order chi connectivity index (χ1) is 9.06. The predicted octanol–water partition coefficient (Wildman–Crippen LogP) is 2.50. The quantitative estimate of drug-likeness (QED) is 0.906. The number of benzene rings is 1. The molecule has 0 bridgehead atoms. The molecule has 0 radical (unpaired) electrons. The molecule has 0 aliphatic heterocycles. The molecule has 0 aromatic heterocycles. The predicted molar refractivity (Wildman–Crippen MR) is 75.6 cm³/mol. The molecule has 1 aliphatic carbocycles. The Morgan fingerprint density at radius 1 is 1.42 bits per heavy atom. The van der Waals surface area contributed by atoms with Crippen LogP contribution >= 0.6 is 0 Å². The standard InChI is InChI=1S/C16H22N2O/c1-18(2)12-15-7-3-4-9-16(15,19)14-8-5-6-13(10-14)11-17/h5-6,8,10,15,19H,3-4,7,9,12H2,1-2H3. The molecule has 1 N–H and O–H groups in total. The Morgan fingerprint density at radius 2 is 2.21 bits per heavy atom. The van der Waals surface area contributed by atoms with Crippen LogP contribution in [-0.2, 0) is 5.60 Å². The van der Waals surface area contributed by atoms with Gasteiger partial charge in [-0.1, -0.05) is 25.0 Å². The maximum absolute atomic E-state index is 11.1. The van der Waals surface area contributed by atoms with Crippen LogP contribution in [0.4, 0.5) is 0 Å². The smallest absolute Gasteiger partial charge is 0.0991 e. The zero-order valence-electron chi connectivity index (χ0n) is 11.8. The molecular weight excluding hydrogens is 236 g/mol. The van der Waals surface area contributed by atoms with Gasteiger partial charge in [0.1, 0.15) is 0 Å². The zero-order valence-corrected chi connectivity index (χ0v) is 11.8. The van der Waals surface area contributed by atoms with Gasteiger partial charge in [-0.3, -0.25) is 0 Å². The van der Waals surface area contributed by atoms with Crippen molar-refractivity contribution in [2.75, 3.05) is 20.6 Å². The molecule has 2 rings (SSSR count). The van der Waals surface area contributed by atoms with Crippen molar-refractivity contribution >= 4 is 0 Å². The lowest BCUT2D eigenvalue weighted by Gasteiger charge is -2.41. The molecule has 2 unspecified atom stereocenters. The van der Waals surface area contributed by atoms with E-state index < -0.39 is 5.60 Å². The van der Waals surface area contributed by atoms with Gasteiger partial charge in [0.15, 0.2) is 0 Å². The normalized spacial score (nSPS) is 27.2. The Morgan fingerprint density at radius 3 is 2.89 bits per heavy atom. The molecule has 0 heterocycles. The van der Waals surface area contributed by atoms with E-state index in [-0.39, 0.29) is 5.92 Å². The summed E-state index contributed by atoms with van der Waals surface area (Å²) in [6, 6.07) is 9.61. The second-order valence-corrected chi connectivity index (χ2v) is 5.82. The zero-order chi connectivity index (χ0) is 13.9. The number of hydrogen-bond acceptors (Lipinski definition) is 3. The second-order valence-electron chi connectivity index (χ2n) is 5.82. The number of nitrogens with zero attached hydrogens (tertiary/aromatic N) is 2. The molecule has 3 heteroatoms. The van der Waals surface area contributed by atoms with Crippen LogP contribution in [0.5, 0.6) is 0 Å². The molecular formula is C16H22N2O. The van der Waals surface area contributed by atoms with Crippen molar-refractivity contribution in [1.82, 2.24) is 4.90 Å². The summed E-state index contributed by atoms with van der Waals surface area (Å²) >= 11 is 0. The van der Waals surface area contributed by atoms with E-state index in [0.29, 0.717) is 5.56 Å². The molecule has 1 aromatic rings. The van der Waals surface area contributed by atoms with Crippen LogP contribution in [0, 0.1) is 17.2 Å². The third-order valence-corrected chi connectivity index (χ3v) is 4.11.